The molecule has 2 aliphatic heterocycles. The van der Waals surface area contributed by atoms with Crippen LogP contribution in [0.2, 0.25) is 0 Å². The van der Waals surface area contributed by atoms with Crippen molar-refractivity contribution in [2.75, 3.05) is 49.4 Å². The fourth-order valence-corrected chi connectivity index (χ4v) is 5.59. The molecule has 39 heavy (non-hydrogen) atoms. The summed E-state index contributed by atoms with van der Waals surface area (Å²) in [5.41, 5.74) is 5.65. The highest BCUT2D eigenvalue weighted by Crippen LogP contribution is 2.33. The Hall–Kier alpha value is -3.79. The lowest BCUT2D eigenvalue weighted by atomic mass is 9.93. The van der Waals surface area contributed by atoms with Gasteiger partial charge in [-0.15, -0.1) is 0 Å². The lowest BCUT2D eigenvalue weighted by Crippen LogP contribution is -2.42. The number of nitrogens with two attached hydrogens (primary N) is 1. The highest BCUT2D eigenvalue weighted by Gasteiger charge is 2.36. The van der Waals surface area contributed by atoms with Crippen LogP contribution in [0.3, 0.4) is 0 Å². The second-order valence-electron chi connectivity index (χ2n) is 8.90. The summed E-state index contributed by atoms with van der Waals surface area (Å²) in [4.78, 5) is 61.1. The molecule has 1 aromatic rings. The highest BCUT2D eigenvalue weighted by molar-refractivity contribution is 7.91. The standard InChI is InChI=1S/C23H29FN4O10S/c1-14(29)27(22(32)37-13-36-21(31)10-26-20(30)9-25)11-17-12-28(23(33)38-17)16-2-3-18(19(24)8-16)15-4-6-39(34,35)7-5-15/h2-3,8,15,17H,4-7,9-13,25H2,1H3,(H,26,30)/t17-/m0/s1. The first-order chi connectivity index (χ1) is 18.4. The Morgan fingerprint density at radius 1 is 1.21 bits per heavy atom. The Bertz CT molecular complexity index is 1230. The van der Waals surface area contributed by atoms with Crippen LogP contribution in [0.4, 0.5) is 19.7 Å². The van der Waals surface area contributed by atoms with Crippen molar-refractivity contribution in [2.45, 2.75) is 31.8 Å². The Labute approximate surface area is 223 Å². The van der Waals surface area contributed by atoms with Gasteiger partial charge in [0.1, 0.15) is 28.3 Å². The molecule has 0 saturated carbocycles. The van der Waals surface area contributed by atoms with Gasteiger partial charge in [0.25, 0.3) is 0 Å². The van der Waals surface area contributed by atoms with Crippen LogP contribution >= 0.6 is 0 Å². The molecule has 2 fully saturated rings. The van der Waals surface area contributed by atoms with Crippen LogP contribution in [0.5, 0.6) is 0 Å². The van der Waals surface area contributed by atoms with E-state index in [0.29, 0.717) is 23.3 Å². The van der Waals surface area contributed by atoms with Gasteiger partial charge in [-0.3, -0.25) is 19.3 Å². The lowest BCUT2D eigenvalue weighted by molar-refractivity contribution is -0.152. The number of nitrogens with zero attached hydrogens (tertiary/aromatic N) is 2. The van der Waals surface area contributed by atoms with Gasteiger partial charge < -0.3 is 25.3 Å². The third-order valence-corrected chi connectivity index (χ3v) is 7.88. The van der Waals surface area contributed by atoms with Gasteiger partial charge in [0.15, 0.2) is 0 Å². The number of anilines is 1. The zero-order chi connectivity index (χ0) is 28.7. The predicted molar refractivity (Wildman–Crippen MR) is 132 cm³/mol. The van der Waals surface area contributed by atoms with Gasteiger partial charge in [0.2, 0.25) is 18.6 Å². The Kier molecular flexibility index (Phi) is 9.80. The summed E-state index contributed by atoms with van der Waals surface area (Å²) < 4.78 is 52.9. The van der Waals surface area contributed by atoms with Crippen LogP contribution in [0.25, 0.3) is 0 Å². The predicted octanol–water partition coefficient (Wildman–Crippen LogP) is 0.00380. The van der Waals surface area contributed by atoms with E-state index >= 15 is 0 Å². The second-order valence-corrected chi connectivity index (χ2v) is 11.2. The first-order valence-electron chi connectivity index (χ1n) is 12.0. The van der Waals surface area contributed by atoms with Gasteiger partial charge in [-0.05, 0) is 36.5 Å². The first-order valence-corrected chi connectivity index (χ1v) is 13.8. The zero-order valence-electron chi connectivity index (χ0n) is 21.1. The minimum atomic E-state index is -3.10. The minimum Gasteiger partial charge on any atom is -0.442 e. The smallest absolute Gasteiger partial charge is 0.419 e. The number of carbonyl (C=O) groups excluding carboxylic acids is 5. The topological polar surface area (TPSA) is 192 Å². The number of amides is 4. The van der Waals surface area contributed by atoms with Crippen molar-refractivity contribution in [3.8, 4) is 0 Å². The molecule has 0 aliphatic carbocycles. The number of benzene rings is 1. The first kappa shape index (κ1) is 29.8. The summed E-state index contributed by atoms with van der Waals surface area (Å²) in [6.45, 7) is -1.07. The molecule has 0 radical (unpaired) electrons. The average Bonchev–Trinajstić information content (AvgIpc) is 3.25. The van der Waals surface area contributed by atoms with Crippen molar-refractivity contribution in [3.05, 3.63) is 29.6 Å². The van der Waals surface area contributed by atoms with E-state index in [9.17, 15) is 36.8 Å². The molecule has 2 aliphatic rings. The molecule has 4 amide bonds. The molecule has 1 atom stereocenters. The summed E-state index contributed by atoms with van der Waals surface area (Å²) in [7, 11) is -3.10. The molecule has 1 aromatic carbocycles. The van der Waals surface area contributed by atoms with Crippen molar-refractivity contribution < 1.29 is 51.0 Å². The fourth-order valence-electron chi connectivity index (χ4n) is 4.10. The van der Waals surface area contributed by atoms with Crippen molar-refractivity contribution in [3.63, 3.8) is 0 Å². The van der Waals surface area contributed by atoms with Gasteiger partial charge in [0, 0.05) is 6.92 Å². The number of hydrogen-bond acceptors (Lipinski definition) is 11. The SMILES string of the molecule is CC(=O)N(C[C@H]1CN(c2ccc(C3CCS(=O)(=O)CC3)c(F)c2)C(=O)O1)C(=O)OCOC(=O)CNC(=O)CN. The lowest BCUT2D eigenvalue weighted by Gasteiger charge is -2.23. The summed E-state index contributed by atoms with van der Waals surface area (Å²) in [5.74, 6) is -3.09. The molecule has 214 valence electrons. The normalized spacial score (nSPS) is 18.7. The van der Waals surface area contributed by atoms with E-state index in [4.69, 9.17) is 15.2 Å². The third kappa shape index (κ3) is 8.10. The van der Waals surface area contributed by atoms with Gasteiger partial charge in [-0.2, -0.15) is 0 Å². The average molecular weight is 573 g/mol. The van der Waals surface area contributed by atoms with Gasteiger partial charge >= 0.3 is 18.2 Å². The van der Waals surface area contributed by atoms with E-state index < -0.39 is 65.1 Å². The van der Waals surface area contributed by atoms with Crippen molar-refractivity contribution in [1.29, 1.82) is 0 Å². The van der Waals surface area contributed by atoms with Crippen molar-refractivity contribution >= 4 is 45.5 Å². The van der Waals surface area contributed by atoms with Crippen LogP contribution in [-0.2, 0) is 38.4 Å². The van der Waals surface area contributed by atoms with Gasteiger partial charge in [-0.1, -0.05) is 6.07 Å². The third-order valence-electron chi connectivity index (χ3n) is 6.17. The molecule has 3 N–H and O–H groups in total. The number of esters is 1. The highest BCUT2D eigenvalue weighted by atomic mass is 32.2. The van der Waals surface area contributed by atoms with E-state index in [-0.39, 0.29) is 42.7 Å². The Balaban J connectivity index is 1.55. The maximum Gasteiger partial charge on any atom is 0.419 e. The number of hydrogen-bond donors (Lipinski definition) is 2. The molecule has 0 aromatic heterocycles. The Morgan fingerprint density at radius 3 is 2.51 bits per heavy atom. The second kappa shape index (κ2) is 12.8. The molecule has 16 heteroatoms. The van der Waals surface area contributed by atoms with E-state index in [2.05, 4.69) is 10.1 Å². The van der Waals surface area contributed by atoms with Crippen LogP contribution in [-0.4, -0.2) is 93.9 Å². The van der Waals surface area contributed by atoms with Crippen LogP contribution in [0.15, 0.2) is 18.2 Å². The van der Waals surface area contributed by atoms with Crippen LogP contribution in [0.1, 0.15) is 31.2 Å². The number of rotatable bonds is 9. The van der Waals surface area contributed by atoms with E-state index in [1.165, 1.54) is 12.1 Å². The minimum absolute atomic E-state index is 0.0104. The Morgan fingerprint density at radius 2 is 1.90 bits per heavy atom. The molecular weight excluding hydrogens is 543 g/mol. The number of nitrogens with one attached hydrogen (secondary N) is 1. The maximum absolute atomic E-state index is 14.9. The summed E-state index contributed by atoms with van der Waals surface area (Å²) in [5, 5.41) is 2.17. The number of carbonyl (C=O) groups is 5. The number of ether oxygens (including phenoxy) is 3. The number of sulfone groups is 1. The van der Waals surface area contributed by atoms with E-state index in [1.54, 1.807) is 0 Å². The van der Waals surface area contributed by atoms with Crippen LogP contribution in [0, 0.1) is 5.82 Å². The van der Waals surface area contributed by atoms with E-state index in [0.717, 1.165) is 17.9 Å². The van der Waals surface area contributed by atoms with Crippen molar-refractivity contribution in [1.82, 2.24) is 10.2 Å². The number of halogens is 1. The number of cyclic esters (lactones) is 1. The molecule has 14 nitrogen and oxygen atoms in total. The molecule has 0 bridgehead atoms. The zero-order valence-corrected chi connectivity index (χ0v) is 21.9. The van der Waals surface area contributed by atoms with Crippen LogP contribution < -0.4 is 16.0 Å². The summed E-state index contributed by atoms with van der Waals surface area (Å²) >= 11 is 0. The number of imide groups is 1. The maximum atomic E-state index is 14.9. The van der Waals surface area contributed by atoms with E-state index in [1.807, 2.05) is 0 Å². The molecule has 0 unspecified atom stereocenters. The van der Waals surface area contributed by atoms with Crippen molar-refractivity contribution in [2.24, 2.45) is 5.73 Å². The molecule has 2 saturated heterocycles. The molecule has 3 rings (SSSR count). The largest absolute Gasteiger partial charge is 0.442 e. The summed E-state index contributed by atoms with van der Waals surface area (Å²) in [6, 6.07) is 4.19. The molecular formula is C23H29FN4O10S. The van der Waals surface area contributed by atoms with Gasteiger partial charge in [-0.25, -0.2) is 27.3 Å². The monoisotopic (exact) mass is 572 g/mol. The molecule has 0 spiro atoms. The quantitative estimate of drug-likeness (QED) is 0.299. The van der Waals surface area contributed by atoms with Gasteiger partial charge in [0.05, 0.1) is 36.8 Å². The molecule has 2 heterocycles. The fraction of sp³-hybridized carbons (Fsp3) is 0.522. The summed E-state index contributed by atoms with van der Waals surface area (Å²) in [6.07, 6.45) is -2.32.